The standard InChI is InChI=1S/C18H23N5O2/c1-14-8-15(10-20-9-14)17(24)22(2)12-18(25)4-3-7-23(13-18)16-11-19-5-6-21-16/h5-6,8-11,25H,3-4,7,12-13H2,1-2H3. The summed E-state index contributed by atoms with van der Waals surface area (Å²) < 4.78 is 0. The van der Waals surface area contributed by atoms with Crippen LogP contribution in [0.1, 0.15) is 28.8 Å². The van der Waals surface area contributed by atoms with Gasteiger partial charge in [-0.2, -0.15) is 0 Å². The molecule has 7 heteroatoms. The first kappa shape index (κ1) is 17.3. The lowest BCUT2D eigenvalue weighted by Gasteiger charge is -2.41. The molecule has 132 valence electrons. The molecular formula is C18H23N5O2. The second-order valence-electron chi connectivity index (χ2n) is 6.73. The molecule has 0 radical (unpaired) electrons. The van der Waals surface area contributed by atoms with Crippen molar-refractivity contribution in [2.75, 3.05) is 31.6 Å². The number of piperidine rings is 1. The number of aryl methyl sites for hydroxylation is 1. The number of β-amino-alcohol motifs (C(OH)–C–C–N with tert-alkyl or cyclic N) is 1. The fourth-order valence-electron chi connectivity index (χ4n) is 3.30. The third-order valence-electron chi connectivity index (χ3n) is 4.43. The zero-order chi connectivity index (χ0) is 17.9. The van der Waals surface area contributed by atoms with Crippen LogP contribution in [0.15, 0.2) is 37.1 Å². The molecule has 1 saturated heterocycles. The second-order valence-corrected chi connectivity index (χ2v) is 6.73. The molecule has 2 aromatic rings. The van der Waals surface area contributed by atoms with Crippen molar-refractivity contribution in [1.29, 1.82) is 0 Å². The van der Waals surface area contributed by atoms with Crippen molar-refractivity contribution < 1.29 is 9.90 Å². The van der Waals surface area contributed by atoms with Gasteiger partial charge in [-0.3, -0.25) is 14.8 Å². The Bertz CT molecular complexity index is 739. The maximum Gasteiger partial charge on any atom is 0.255 e. The van der Waals surface area contributed by atoms with E-state index in [1.165, 1.54) is 0 Å². The number of rotatable bonds is 4. The predicted molar refractivity (Wildman–Crippen MR) is 94.4 cm³/mol. The molecule has 0 bridgehead atoms. The molecule has 3 heterocycles. The quantitative estimate of drug-likeness (QED) is 0.902. The van der Waals surface area contributed by atoms with Crippen molar-refractivity contribution in [3.8, 4) is 0 Å². The number of amides is 1. The molecule has 1 aliphatic rings. The number of nitrogens with zero attached hydrogens (tertiary/aromatic N) is 5. The number of carbonyl (C=O) groups excluding carboxylic acids is 1. The number of carbonyl (C=O) groups is 1. The maximum absolute atomic E-state index is 12.6. The van der Waals surface area contributed by atoms with Gasteiger partial charge >= 0.3 is 0 Å². The monoisotopic (exact) mass is 341 g/mol. The lowest BCUT2D eigenvalue weighted by molar-refractivity contribution is -0.000157. The number of pyridine rings is 1. The van der Waals surface area contributed by atoms with Crippen LogP contribution >= 0.6 is 0 Å². The van der Waals surface area contributed by atoms with Crippen LogP contribution in [-0.4, -0.2) is 63.1 Å². The van der Waals surface area contributed by atoms with E-state index in [0.29, 0.717) is 18.5 Å². The van der Waals surface area contributed by atoms with Gasteiger partial charge in [0.2, 0.25) is 0 Å². The summed E-state index contributed by atoms with van der Waals surface area (Å²) in [5.41, 5.74) is 0.495. The van der Waals surface area contributed by atoms with Crippen LogP contribution in [0.25, 0.3) is 0 Å². The minimum Gasteiger partial charge on any atom is -0.386 e. The van der Waals surface area contributed by atoms with Gasteiger partial charge in [0.05, 0.1) is 23.9 Å². The fraction of sp³-hybridized carbons (Fsp3) is 0.444. The van der Waals surface area contributed by atoms with Crippen LogP contribution < -0.4 is 4.90 Å². The molecule has 0 saturated carbocycles. The van der Waals surface area contributed by atoms with Crippen LogP contribution in [0.2, 0.25) is 0 Å². The van der Waals surface area contributed by atoms with Crippen molar-refractivity contribution in [2.45, 2.75) is 25.4 Å². The van der Waals surface area contributed by atoms with Crippen molar-refractivity contribution in [3.05, 3.63) is 48.2 Å². The average Bonchev–Trinajstić information content (AvgIpc) is 2.61. The van der Waals surface area contributed by atoms with E-state index in [2.05, 4.69) is 15.0 Å². The Labute approximate surface area is 147 Å². The summed E-state index contributed by atoms with van der Waals surface area (Å²) in [5, 5.41) is 11.0. The Morgan fingerprint density at radius 2 is 2.16 bits per heavy atom. The third kappa shape index (κ3) is 4.11. The molecular weight excluding hydrogens is 318 g/mol. The summed E-state index contributed by atoms with van der Waals surface area (Å²) >= 11 is 0. The van der Waals surface area contributed by atoms with Crippen LogP contribution in [0.5, 0.6) is 0 Å². The Morgan fingerprint density at radius 3 is 2.88 bits per heavy atom. The Hall–Kier alpha value is -2.54. The molecule has 7 nitrogen and oxygen atoms in total. The summed E-state index contributed by atoms with van der Waals surface area (Å²) in [6.45, 7) is 3.41. The Kier molecular flexibility index (Phi) is 4.94. The van der Waals surface area contributed by atoms with E-state index < -0.39 is 5.60 Å². The first-order valence-electron chi connectivity index (χ1n) is 8.37. The largest absolute Gasteiger partial charge is 0.386 e. The summed E-state index contributed by atoms with van der Waals surface area (Å²) in [7, 11) is 1.71. The number of hydrogen-bond donors (Lipinski definition) is 1. The summed E-state index contributed by atoms with van der Waals surface area (Å²) in [6, 6.07) is 1.81. The third-order valence-corrected chi connectivity index (χ3v) is 4.43. The van der Waals surface area contributed by atoms with E-state index in [-0.39, 0.29) is 12.5 Å². The molecule has 1 unspecified atom stereocenters. The molecule has 1 N–H and O–H groups in total. The molecule has 25 heavy (non-hydrogen) atoms. The highest BCUT2D eigenvalue weighted by molar-refractivity contribution is 5.93. The molecule has 2 aromatic heterocycles. The second kappa shape index (κ2) is 7.14. The smallest absolute Gasteiger partial charge is 0.255 e. The summed E-state index contributed by atoms with van der Waals surface area (Å²) in [6.07, 6.45) is 9.71. The van der Waals surface area contributed by atoms with Gasteiger partial charge in [-0.05, 0) is 31.4 Å². The van der Waals surface area contributed by atoms with Gasteiger partial charge in [-0.15, -0.1) is 0 Å². The number of anilines is 1. The van der Waals surface area contributed by atoms with Crippen molar-refractivity contribution in [1.82, 2.24) is 19.9 Å². The van der Waals surface area contributed by atoms with Gasteiger partial charge in [-0.25, -0.2) is 4.98 Å². The predicted octanol–water partition coefficient (Wildman–Crippen LogP) is 1.28. The highest BCUT2D eigenvalue weighted by Gasteiger charge is 2.36. The molecule has 0 aliphatic carbocycles. The SMILES string of the molecule is Cc1cncc(C(=O)N(C)CC2(O)CCCN(c3cnccn3)C2)c1. The Morgan fingerprint density at radius 1 is 1.32 bits per heavy atom. The first-order valence-corrected chi connectivity index (χ1v) is 8.37. The van der Waals surface area contributed by atoms with E-state index in [9.17, 15) is 9.90 Å². The fourth-order valence-corrected chi connectivity index (χ4v) is 3.30. The van der Waals surface area contributed by atoms with Gasteiger partial charge in [0, 0.05) is 44.9 Å². The molecule has 1 aliphatic heterocycles. The highest BCUT2D eigenvalue weighted by Crippen LogP contribution is 2.25. The lowest BCUT2D eigenvalue weighted by atomic mass is 9.92. The minimum atomic E-state index is -0.975. The van der Waals surface area contributed by atoms with E-state index in [1.807, 2.05) is 17.9 Å². The van der Waals surface area contributed by atoms with Gasteiger partial charge in [0.15, 0.2) is 0 Å². The Balaban J connectivity index is 1.69. The van der Waals surface area contributed by atoms with Crippen molar-refractivity contribution in [3.63, 3.8) is 0 Å². The first-order chi connectivity index (χ1) is 12.0. The zero-order valence-corrected chi connectivity index (χ0v) is 14.6. The molecule has 1 fully saturated rings. The van der Waals surface area contributed by atoms with Crippen LogP contribution in [0.3, 0.4) is 0 Å². The minimum absolute atomic E-state index is 0.138. The summed E-state index contributed by atoms with van der Waals surface area (Å²) in [5.74, 6) is 0.610. The normalized spacial score (nSPS) is 20.4. The van der Waals surface area contributed by atoms with Crippen LogP contribution in [0.4, 0.5) is 5.82 Å². The topological polar surface area (TPSA) is 82.5 Å². The number of likely N-dealkylation sites (N-methyl/N-ethyl adjacent to an activating group) is 1. The number of aromatic nitrogens is 3. The van der Waals surface area contributed by atoms with E-state index in [1.54, 1.807) is 42.9 Å². The highest BCUT2D eigenvalue weighted by atomic mass is 16.3. The van der Waals surface area contributed by atoms with Gasteiger partial charge in [0.25, 0.3) is 5.91 Å². The molecule has 1 amide bonds. The van der Waals surface area contributed by atoms with Crippen molar-refractivity contribution in [2.24, 2.45) is 0 Å². The van der Waals surface area contributed by atoms with E-state index in [4.69, 9.17) is 0 Å². The van der Waals surface area contributed by atoms with E-state index in [0.717, 1.165) is 24.3 Å². The maximum atomic E-state index is 12.6. The average molecular weight is 341 g/mol. The number of aliphatic hydroxyl groups is 1. The molecule has 0 aromatic carbocycles. The van der Waals surface area contributed by atoms with Gasteiger partial charge in [0.1, 0.15) is 5.82 Å². The summed E-state index contributed by atoms with van der Waals surface area (Å²) in [4.78, 5) is 28.6. The van der Waals surface area contributed by atoms with Crippen LogP contribution in [0, 0.1) is 6.92 Å². The molecule has 3 rings (SSSR count). The molecule has 1 atom stereocenters. The van der Waals surface area contributed by atoms with Crippen molar-refractivity contribution >= 4 is 11.7 Å². The van der Waals surface area contributed by atoms with Gasteiger partial charge < -0.3 is 14.9 Å². The van der Waals surface area contributed by atoms with Gasteiger partial charge in [-0.1, -0.05) is 0 Å². The molecule has 0 spiro atoms. The van der Waals surface area contributed by atoms with Crippen LogP contribution in [-0.2, 0) is 0 Å². The van der Waals surface area contributed by atoms with E-state index >= 15 is 0 Å². The zero-order valence-electron chi connectivity index (χ0n) is 14.6. The number of hydrogen-bond acceptors (Lipinski definition) is 6. The lowest BCUT2D eigenvalue weighted by Crippen LogP contribution is -2.54.